The molecule has 20 heavy (non-hydrogen) atoms. The fraction of sp³-hybridized carbons (Fsp3) is 1.00. The highest BCUT2D eigenvalue weighted by Gasteiger charge is 2.14. The quantitative estimate of drug-likeness (QED) is 0.303. The SMILES string of the molecule is CCCCCCCCC(C)CCCC(SC)C(C)CC. The van der Waals surface area contributed by atoms with Gasteiger partial charge in [0.1, 0.15) is 0 Å². The predicted molar refractivity (Wildman–Crippen MR) is 97.8 cm³/mol. The molecular weight excluding hydrogens is 260 g/mol. The minimum Gasteiger partial charge on any atom is -0.162 e. The van der Waals surface area contributed by atoms with E-state index >= 15 is 0 Å². The van der Waals surface area contributed by atoms with Gasteiger partial charge >= 0.3 is 0 Å². The summed E-state index contributed by atoms with van der Waals surface area (Å²) in [4.78, 5) is 0. The second kappa shape index (κ2) is 14.3. The van der Waals surface area contributed by atoms with Gasteiger partial charge in [-0.2, -0.15) is 11.8 Å². The van der Waals surface area contributed by atoms with Crippen LogP contribution in [0.25, 0.3) is 0 Å². The van der Waals surface area contributed by atoms with E-state index in [0.717, 1.165) is 17.1 Å². The van der Waals surface area contributed by atoms with E-state index in [4.69, 9.17) is 0 Å². The van der Waals surface area contributed by atoms with E-state index in [2.05, 4.69) is 45.7 Å². The largest absolute Gasteiger partial charge is 0.162 e. The molecule has 0 bridgehead atoms. The molecule has 0 N–H and O–H groups in total. The molecular formula is C19H40S. The second-order valence-electron chi connectivity index (χ2n) is 6.75. The Morgan fingerprint density at radius 2 is 1.35 bits per heavy atom. The minimum atomic E-state index is 0.888. The summed E-state index contributed by atoms with van der Waals surface area (Å²) in [6.45, 7) is 9.50. The lowest BCUT2D eigenvalue weighted by Gasteiger charge is -2.21. The number of hydrogen-bond donors (Lipinski definition) is 0. The van der Waals surface area contributed by atoms with Crippen LogP contribution in [0, 0.1) is 11.8 Å². The number of rotatable bonds is 14. The standard InChI is InChI=1S/C19H40S/c1-6-8-9-10-11-12-14-17(3)15-13-16-19(20-5)18(4)7-2/h17-19H,6-16H2,1-5H3. The van der Waals surface area contributed by atoms with Crippen LogP contribution < -0.4 is 0 Å². The van der Waals surface area contributed by atoms with Crippen molar-refractivity contribution in [3.63, 3.8) is 0 Å². The molecule has 0 heterocycles. The lowest BCUT2D eigenvalue weighted by atomic mass is 9.94. The molecule has 0 spiro atoms. The van der Waals surface area contributed by atoms with Gasteiger partial charge in [0, 0.05) is 5.25 Å². The zero-order chi connectivity index (χ0) is 15.2. The van der Waals surface area contributed by atoms with Gasteiger partial charge in [0.2, 0.25) is 0 Å². The van der Waals surface area contributed by atoms with Crippen LogP contribution in [-0.2, 0) is 0 Å². The fourth-order valence-corrected chi connectivity index (χ4v) is 4.04. The molecule has 0 saturated carbocycles. The summed E-state index contributed by atoms with van der Waals surface area (Å²) in [6.07, 6.45) is 18.0. The molecule has 0 rings (SSSR count). The average Bonchev–Trinajstić information content (AvgIpc) is 2.46. The fourth-order valence-electron chi connectivity index (χ4n) is 2.98. The van der Waals surface area contributed by atoms with Gasteiger partial charge in [-0.05, 0) is 24.5 Å². The molecule has 0 aliphatic rings. The van der Waals surface area contributed by atoms with E-state index in [0.29, 0.717) is 0 Å². The van der Waals surface area contributed by atoms with Crippen molar-refractivity contribution in [2.75, 3.05) is 6.26 Å². The van der Waals surface area contributed by atoms with Crippen molar-refractivity contribution in [2.45, 2.75) is 104 Å². The third-order valence-electron chi connectivity index (χ3n) is 4.82. The van der Waals surface area contributed by atoms with Crippen LogP contribution in [0.15, 0.2) is 0 Å². The van der Waals surface area contributed by atoms with Crippen molar-refractivity contribution in [3.05, 3.63) is 0 Å². The van der Waals surface area contributed by atoms with Crippen LogP contribution in [0.3, 0.4) is 0 Å². The van der Waals surface area contributed by atoms with Crippen LogP contribution in [-0.4, -0.2) is 11.5 Å². The van der Waals surface area contributed by atoms with Gasteiger partial charge in [-0.1, -0.05) is 91.9 Å². The summed E-state index contributed by atoms with van der Waals surface area (Å²) in [5, 5.41) is 0.890. The van der Waals surface area contributed by atoms with Crippen molar-refractivity contribution < 1.29 is 0 Å². The van der Waals surface area contributed by atoms with E-state index in [1.807, 2.05) is 0 Å². The third-order valence-corrected chi connectivity index (χ3v) is 6.12. The minimum absolute atomic E-state index is 0.888. The summed E-state index contributed by atoms with van der Waals surface area (Å²) in [5.74, 6) is 1.83. The van der Waals surface area contributed by atoms with E-state index < -0.39 is 0 Å². The van der Waals surface area contributed by atoms with Crippen molar-refractivity contribution in [2.24, 2.45) is 11.8 Å². The van der Waals surface area contributed by atoms with Crippen LogP contribution in [0.2, 0.25) is 0 Å². The Labute approximate surface area is 133 Å². The summed E-state index contributed by atoms with van der Waals surface area (Å²) in [6, 6.07) is 0. The topological polar surface area (TPSA) is 0 Å². The zero-order valence-corrected chi connectivity index (χ0v) is 15.7. The molecule has 0 saturated heterocycles. The van der Waals surface area contributed by atoms with Crippen molar-refractivity contribution in [1.29, 1.82) is 0 Å². The van der Waals surface area contributed by atoms with E-state index in [1.165, 1.54) is 70.6 Å². The Morgan fingerprint density at radius 3 is 1.95 bits per heavy atom. The molecule has 0 aromatic rings. The zero-order valence-electron chi connectivity index (χ0n) is 14.9. The normalized spacial score (nSPS) is 16.1. The summed E-state index contributed by atoms with van der Waals surface area (Å²) < 4.78 is 0. The number of thioether (sulfide) groups is 1. The van der Waals surface area contributed by atoms with Crippen LogP contribution in [0.4, 0.5) is 0 Å². The molecule has 0 aliphatic carbocycles. The molecule has 0 aliphatic heterocycles. The van der Waals surface area contributed by atoms with Gasteiger partial charge in [-0.3, -0.25) is 0 Å². The first kappa shape index (κ1) is 20.3. The van der Waals surface area contributed by atoms with Gasteiger partial charge < -0.3 is 0 Å². The lowest BCUT2D eigenvalue weighted by molar-refractivity contribution is 0.419. The van der Waals surface area contributed by atoms with Crippen molar-refractivity contribution in [1.82, 2.24) is 0 Å². The highest BCUT2D eigenvalue weighted by atomic mass is 32.2. The Morgan fingerprint density at radius 1 is 0.750 bits per heavy atom. The molecule has 3 unspecified atom stereocenters. The Balaban J connectivity index is 3.50. The van der Waals surface area contributed by atoms with Gasteiger partial charge in [0.25, 0.3) is 0 Å². The smallest absolute Gasteiger partial charge is 0.00698 e. The Bertz CT molecular complexity index is 190. The van der Waals surface area contributed by atoms with Gasteiger partial charge in [-0.25, -0.2) is 0 Å². The summed E-state index contributed by atoms with van der Waals surface area (Å²) in [7, 11) is 0. The molecule has 3 atom stereocenters. The van der Waals surface area contributed by atoms with Crippen molar-refractivity contribution in [3.8, 4) is 0 Å². The second-order valence-corrected chi connectivity index (χ2v) is 7.83. The molecule has 0 aromatic heterocycles. The molecule has 0 radical (unpaired) electrons. The Hall–Kier alpha value is 0.350. The predicted octanol–water partition coefficient (Wildman–Crippen LogP) is 7.32. The molecule has 122 valence electrons. The lowest BCUT2D eigenvalue weighted by Crippen LogP contribution is -2.13. The first-order valence-electron chi connectivity index (χ1n) is 9.18. The number of unbranched alkanes of at least 4 members (excludes halogenated alkanes) is 5. The highest BCUT2D eigenvalue weighted by molar-refractivity contribution is 7.99. The average molecular weight is 301 g/mol. The highest BCUT2D eigenvalue weighted by Crippen LogP contribution is 2.26. The maximum Gasteiger partial charge on any atom is 0.00698 e. The third kappa shape index (κ3) is 11.1. The van der Waals surface area contributed by atoms with Gasteiger partial charge in [0.15, 0.2) is 0 Å². The molecule has 1 heteroatoms. The summed E-state index contributed by atoms with van der Waals surface area (Å²) >= 11 is 2.08. The first-order valence-corrected chi connectivity index (χ1v) is 10.5. The molecule has 0 nitrogen and oxygen atoms in total. The maximum atomic E-state index is 2.46. The Kier molecular flexibility index (Phi) is 14.5. The van der Waals surface area contributed by atoms with Crippen LogP contribution >= 0.6 is 11.8 Å². The van der Waals surface area contributed by atoms with E-state index in [9.17, 15) is 0 Å². The van der Waals surface area contributed by atoms with Crippen LogP contribution in [0.5, 0.6) is 0 Å². The molecule has 0 amide bonds. The maximum absolute atomic E-state index is 2.46. The van der Waals surface area contributed by atoms with Crippen molar-refractivity contribution >= 4 is 11.8 Å². The monoisotopic (exact) mass is 300 g/mol. The number of hydrogen-bond acceptors (Lipinski definition) is 1. The summed E-state index contributed by atoms with van der Waals surface area (Å²) in [5.41, 5.74) is 0. The first-order chi connectivity index (χ1) is 9.65. The van der Waals surface area contributed by atoms with Gasteiger partial charge in [-0.15, -0.1) is 0 Å². The van der Waals surface area contributed by atoms with E-state index in [1.54, 1.807) is 0 Å². The molecule has 0 fully saturated rings. The molecule has 0 aromatic carbocycles. The van der Waals surface area contributed by atoms with Crippen LogP contribution in [0.1, 0.15) is 98.3 Å². The van der Waals surface area contributed by atoms with Gasteiger partial charge in [0.05, 0.1) is 0 Å². The van der Waals surface area contributed by atoms with E-state index in [-0.39, 0.29) is 0 Å².